The van der Waals surface area contributed by atoms with Gasteiger partial charge in [0, 0.05) is 17.9 Å². The summed E-state index contributed by atoms with van der Waals surface area (Å²) in [5.74, 6) is 0.219. The first-order chi connectivity index (χ1) is 6.61. The van der Waals surface area contributed by atoms with E-state index in [9.17, 15) is 8.42 Å². The number of hydrogen-bond acceptors (Lipinski definition) is 2. The molecule has 1 rings (SSSR count). The van der Waals surface area contributed by atoms with Crippen molar-refractivity contribution in [3.8, 4) is 0 Å². The third-order valence-electron chi connectivity index (χ3n) is 2.76. The predicted octanol–water partition coefficient (Wildman–Crippen LogP) is 1.98. The average molecular weight is 284 g/mol. The van der Waals surface area contributed by atoms with Crippen LogP contribution in [0.1, 0.15) is 32.6 Å². The zero-order valence-electron chi connectivity index (χ0n) is 8.58. The van der Waals surface area contributed by atoms with Crippen molar-refractivity contribution < 1.29 is 8.42 Å². The lowest BCUT2D eigenvalue weighted by Crippen LogP contribution is -2.40. The molecule has 0 spiro atoms. The van der Waals surface area contributed by atoms with Gasteiger partial charge in [-0.1, -0.05) is 28.8 Å². The van der Waals surface area contributed by atoms with Crippen LogP contribution in [0, 0.1) is 0 Å². The smallest absolute Gasteiger partial charge is 0.212 e. The zero-order chi connectivity index (χ0) is 10.6. The van der Waals surface area contributed by atoms with E-state index in [0.717, 1.165) is 18.2 Å². The van der Waals surface area contributed by atoms with Gasteiger partial charge in [-0.05, 0) is 19.8 Å². The molecule has 0 aromatic rings. The van der Waals surface area contributed by atoms with E-state index >= 15 is 0 Å². The molecule has 1 saturated carbocycles. The first-order valence-electron chi connectivity index (χ1n) is 5.17. The van der Waals surface area contributed by atoms with Crippen molar-refractivity contribution in [2.24, 2.45) is 0 Å². The maximum Gasteiger partial charge on any atom is 0.214 e. The van der Waals surface area contributed by atoms with E-state index < -0.39 is 10.0 Å². The molecule has 1 fully saturated rings. The van der Waals surface area contributed by atoms with Crippen LogP contribution in [0.15, 0.2) is 0 Å². The number of hydrogen-bond donors (Lipinski definition) is 0. The fourth-order valence-corrected chi connectivity index (χ4v) is 3.97. The highest BCUT2D eigenvalue weighted by Crippen LogP contribution is 2.25. The van der Waals surface area contributed by atoms with Crippen molar-refractivity contribution in [3.05, 3.63) is 0 Å². The molecular formula is C9H18BrNO2S. The molecule has 1 aliphatic rings. The Balaban J connectivity index is 2.72. The summed E-state index contributed by atoms with van der Waals surface area (Å²) in [6, 6.07) is 0.262. The molecule has 5 heteroatoms. The normalized spacial score (nSPS) is 19.4. The largest absolute Gasteiger partial charge is 0.214 e. The van der Waals surface area contributed by atoms with Gasteiger partial charge in [-0.2, -0.15) is 4.31 Å². The predicted molar refractivity (Wildman–Crippen MR) is 62.2 cm³/mol. The molecule has 0 atom stereocenters. The molecule has 0 amide bonds. The number of rotatable bonds is 5. The number of sulfonamides is 1. The SMILES string of the molecule is CCS(=O)(=O)N(CCBr)C1CCCC1. The van der Waals surface area contributed by atoms with Gasteiger partial charge >= 0.3 is 0 Å². The van der Waals surface area contributed by atoms with Gasteiger partial charge in [-0.3, -0.25) is 0 Å². The fraction of sp³-hybridized carbons (Fsp3) is 1.00. The van der Waals surface area contributed by atoms with Crippen molar-refractivity contribution in [3.63, 3.8) is 0 Å². The summed E-state index contributed by atoms with van der Waals surface area (Å²) in [7, 11) is -3.00. The average Bonchev–Trinajstić information content (AvgIpc) is 2.66. The molecule has 0 heterocycles. The number of alkyl halides is 1. The van der Waals surface area contributed by atoms with E-state index in [1.165, 1.54) is 12.8 Å². The first-order valence-corrected chi connectivity index (χ1v) is 7.90. The van der Waals surface area contributed by atoms with Crippen molar-refractivity contribution in [1.29, 1.82) is 0 Å². The van der Waals surface area contributed by atoms with Crippen molar-refractivity contribution in [1.82, 2.24) is 4.31 Å². The highest BCUT2D eigenvalue weighted by Gasteiger charge is 2.29. The minimum atomic E-state index is -3.00. The molecule has 0 saturated heterocycles. The first kappa shape index (κ1) is 12.5. The van der Waals surface area contributed by atoms with Gasteiger partial charge in [0.05, 0.1) is 5.75 Å². The third kappa shape index (κ3) is 2.94. The van der Waals surface area contributed by atoms with E-state index in [0.29, 0.717) is 6.54 Å². The summed E-state index contributed by atoms with van der Waals surface area (Å²) < 4.78 is 25.3. The van der Waals surface area contributed by atoms with Gasteiger partial charge < -0.3 is 0 Å². The van der Waals surface area contributed by atoms with E-state index in [-0.39, 0.29) is 11.8 Å². The van der Waals surface area contributed by atoms with Crippen LogP contribution in [0.5, 0.6) is 0 Å². The summed E-state index contributed by atoms with van der Waals surface area (Å²) in [5, 5.41) is 0.725. The van der Waals surface area contributed by atoms with Crippen LogP contribution in [0.4, 0.5) is 0 Å². The van der Waals surface area contributed by atoms with Crippen LogP contribution in [0.2, 0.25) is 0 Å². The number of halogens is 1. The van der Waals surface area contributed by atoms with E-state index in [1.807, 2.05) is 0 Å². The summed E-state index contributed by atoms with van der Waals surface area (Å²) in [5.41, 5.74) is 0. The van der Waals surface area contributed by atoms with Crippen molar-refractivity contribution in [2.45, 2.75) is 38.6 Å². The topological polar surface area (TPSA) is 37.4 Å². The molecule has 0 bridgehead atoms. The van der Waals surface area contributed by atoms with Crippen molar-refractivity contribution >= 4 is 26.0 Å². The molecule has 84 valence electrons. The molecule has 0 unspecified atom stereocenters. The van der Waals surface area contributed by atoms with Crippen LogP contribution in [0.25, 0.3) is 0 Å². The third-order valence-corrected chi connectivity index (χ3v) is 5.04. The molecule has 3 nitrogen and oxygen atoms in total. The van der Waals surface area contributed by atoms with E-state index in [4.69, 9.17) is 0 Å². The van der Waals surface area contributed by atoms with Crippen LogP contribution in [0.3, 0.4) is 0 Å². The Labute approximate surface area is 95.0 Å². The second kappa shape index (κ2) is 5.47. The van der Waals surface area contributed by atoms with Crippen LogP contribution >= 0.6 is 15.9 Å². The van der Waals surface area contributed by atoms with Crippen molar-refractivity contribution in [2.75, 3.05) is 17.6 Å². The summed E-state index contributed by atoms with van der Waals surface area (Å²) in [6.45, 7) is 2.33. The fourth-order valence-electron chi connectivity index (χ4n) is 1.99. The lowest BCUT2D eigenvalue weighted by Gasteiger charge is -2.26. The standard InChI is InChI=1S/C9H18BrNO2S/c1-2-14(12,13)11(8-7-10)9-5-3-4-6-9/h9H,2-8H2,1H3. The lowest BCUT2D eigenvalue weighted by atomic mass is 10.2. The molecule has 1 aliphatic carbocycles. The van der Waals surface area contributed by atoms with E-state index in [1.54, 1.807) is 11.2 Å². The Morgan fingerprint density at radius 2 is 1.93 bits per heavy atom. The van der Waals surface area contributed by atoms with Gasteiger partial charge in [-0.15, -0.1) is 0 Å². The zero-order valence-corrected chi connectivity index (χ0v) is 11.0. The number of nitrogens with zero attached hydrogens (tertiary/aromatic N) is 1. The van der Waals surface area contributed by atoms with E-state index in [2.05, 4.69) is 15.9 Å². The Kier molecular flexibility index (Phi) is 4.87. The van der Waals surface area contributed by atoms with Gasteiger partial charge in [0.15, 0.2) is 0 Å². The molecule has 0 aliphatic heterocycles. The quantitative estimate of drug-likeness (QED) is 0.724. The maximum atomic E-state index is 11.8. The molecular weight excluding hydrogens is 266 g/mol. The molecule has 0 radical (unpaired) electrons. The Hall–Kier alpha value is 0.390. The van der Waals surface area contributed by atoms with Crippen LogP contribution < -0.4 is 0 Å². The van der Waals surface area contributed by atoms with Gasteiger partial charge in [-0.25, -0.2) is 8.42 Å². The Morgan fingerprint density at radius 3 is 2.36 bits per heavy atom. The van der Waals surface area contributed by atoms with Crippen LogP contribution in [-0.4, -0.2) is 36.4 Å². The second-order valence-corrected chi connectivity index (χ2v) is 6.64. The summed E-state index contributed by atoms with van der Waals surface area (Å²) in [4.78, 5) is 0. The Bertz CT molecular complexity index is 260. The maximum absolute atomic E-state index is 11.8. The lowest BCUT2D eigenvalue weighted by molar-refractivity contribution is 0.338. The highest BCUT2D eigenvalue weighted by atomic mass is 79.9. The highest BCUT2D eigenvalue weighted by molar-refractivity contribution is 9.09. The molecule has 14 heavy (non-hydrogen) atoms. The molecule has 0 N–H and O–H groups in total. The van der Waals surface area contributed by atoms with Gasteiger partial charge in [0.2, 0.25) is 10.0 Å². The minimum Gasteiger partial charge on any atom is -0.212 e. The van der Waals surface area contributed by atoms with Crippen LogP contribution in [-0.2, 0) is 10.0 Å². The van der Waals surface area contributed by atoms with Gasteiger partial charge in [0.1, 0.15) is 0 Å². The minimum absolute atomic E-state index is 0.219. The summed E-state index contributed by atoms with van der Waals surface area (Å²) in [6.07, 6.45) is 4.41. The second-order valence-electron chi connectivity index (χ2n) is 3.64. The monoisotopic (exact) mass is 283 g/mol. The molecule has 0 aromatic carbocycles. The Morgan fingerprint density at radius 1 is 1.36 bits per heavy atom. The van der Waals surface area contributed by atoms with Gasteiger partial charge in [0.25, 0.3) is 0 Å². The molecule has 0 aromatic heterocycles. The summed E-state index contributed by atoms with van der Waals surface area (Å²) >= 11 is 3.31.